The predicted molar refractivity (Wildman–Crippen MR) is 75.6 cm³/mol. The zero-order valence-corrected chi connectivity index (χ0v) is 11.9. The molecule has 1 aromatic rings. The van der Waals surface area contributed by atoms with Gasteiger partial charge in [-0.05, 0) is 25.3 Å². The topological polar surface area (TPSA) is 33.0 Å². The van der Waals surface area contributed by atoms with Gasteiger partial charge in [-0.25, -0.2) is 4.57 Å². The quantitative estimate of drug-likeness (QED) is 0.655. The van der Waals surface area contributed by atoms with E-state index in [-0.39, 0.29) is 5.91 Å². The van der Waals surface area contributed by atoms with Crippen LogP contribution in [0.25, 0.3) is 0 Å². The van der Waals surface area contributed by atoms with Crippen molar-refractivity contribution < 1.29 is 9.36 Å². The summed E-state index contributed by atoms with van der Waals surface area (Å²) in [7, 11) is 0. The average Bonchev–Trinajstić information content (AvgIpc) is 2.67. The number of hydrogen-bond acceptors (Lipinski definition) is 1. The molecular weight excluding hydrogens is 236 g/mol. The van der Waals surface area contributed by atoms with Gasteiger partial charge in [0.25, 0.3) is 0 Å². The summed E-state index contributed by atoms with van der Waals surface area (Å²) in [6.45, 7) is 2.84. The number of rotatable bonds is 4. The number of amides is 1. The zero-order valence-electron chi connectivity index (χ0n) is 11.9. The molecule has 0 aliphatic heterocycles. The minimum Gasteiger partial charge on any atom is -0.353 e. The van der Waals surface area contributed by atoms with Crippen LogP contribution in [0, 0.1) is 6.92 Å². The van der Waals surface area contributed by atoms with Crippen molar-refractivity contribution in [3.05, 3.63) is 30.1 Å². The number of carbonyl (C=O) groups is 1. The predicted octanol–water partition coefficient (Wildman–Crippen LogP) is 2.51. The minimum atomic E-state index is 0.194. The Morgan fingerprint density at radius 3 is 2.47 bits per heavy atom. The SMILES string of the molecule is Cc1cc[n+](CCC(=O)NC2CCCCCC2)cc1. The molecule has 1 saturated carbocycles. The maximum Gasteiger partial charge on any atom is 0.226 e. The number of aromatic nitrogens is 1. The normalized spacial score (nSPS) is 16.9. The lowest BCUT2D eigenvalue weighted by molar-refractivity contribution is -0.695. The summed E-state index contributed by atoms with van der Waals surface area (Å²) in [5, 5.41) is 3.19. The molecular formula is C16H25N2O+. The number of pyridine rings is 1. The summed E-state index contributed by atoms with van der Waals surface area (Å²) in [4.78, 5) is 11.9. The Hall–Kier alpha value is -1.38. The van der Waals surface area contributed by atoms with Gasteiger partial charge in [-0.15, -0.1) is 0 Å². The van der Waals surface area contributed by atoms with E-state index in [0.717, 1.165) is 19.4 Å². The van der Waals surface area contributed by atoms with Crippen molar-refractivity contribution in [2.45, 2.75) is 64.5 Å². The third-order valence-corrected chi connectivity index (χ3v) is 3.88. The summed E-state index contributed by atoms with van der Waals surface area (Å²) in [6.07, 6.45) is 12.1. The van der Waals surface area contributed by atoms with Crippen LogP contribution >= 0.6 is 0 Å². The second-order valence-electron chi connectivity index (χ2n) is 5.62. The summed E-state index contributed by atoms with van der Waals surface area (Å²) in [5.41, 5.74) is 1.25. The van der Waals surface area contributed by atoms with Gasteiger partial charge in [-0.2, -0.15) is 0 Å². The van der Waals surface area contributed by atoms with Crippen LogP contribution in [-0.2, 0) is 11.3 Å². The summed E-state index contributed by atoms with van der Waals surface area (Å²) < 4.78 is 2.07. The standard InChI is InChI=1S/C16H24N2O/c1-14-8-11-18(12-9-14)13-10-16(19)17-15-6-4-2-3-5-7-15/h8-9,11-12,15H,2-7,10,13H2,1H3/p+1. The molecule has 0 radical (unpaired) electrons. The third kappa shape index (κ3) is 5.01. The molecule has 2 rings (SSSR count). The van der Waals surface area contributed by atoms with E-state index in [2.05, 4.69) is 28.9 Å². The summed E-state index contributed by atoms with van der Waals surface area (Å²) >= 11 is 0. The smallest absolute Gasteiger partial charge is 0.226 e. The molecule has 1 heterocycles. The van der Waals surface area contributed by atoms with Crippen molar-refractivity contribution >= 4 is 5.91 Å². The highest BCUT2D eigenvalue weighted by Crippen LogP contribution is 2.17. The van der Waals surface area contributed by atoms with Gasteiger partial charge in [0.1, 0.15) is 0 Å². The first-order chi connectivity index (χ1) is 9.24. The number of nitrogens with one attached hydrogen (secondary N) is 1. The Morgan fingerprint density at radius 2 is 1.84 bits per heavy atom. The molecule has 1 N–H and O–H groups in total. The van der Waals surface area contributed by atoms with Crippen LogP contribution in [0.3, 0.4) is 0 Å². The minimum absolute atomic E-state index is 0.194. The molecule has 0 aromatic carbocycles. The fraction of sp³-hybridized carbons (Fsp3) is 0.625. The Bertz CT molecular complexity index is 392. The van der Waals surface area contributed by atoms with E-state index in [1.54, 1.807) is 0 Å². The molecule has 0 saturated heterocycles. The monoisotopic (exact) mass is 261 g/mol. The molecule has 104 valence electrons. The molecule has 1 aliphatic rings. The molecule has 1 aliphatic carbocycles. The van der Waals surface area contributed by atoms with Crippen molar-refractivity contribution in [3.63, 3.8) is 0 Å². The van der Waals surface area contributed by atoms with Gasteiger partial charge in [0, 0.05) is 18.2 Å². The third-order valence-electron chi connectivity index (χ3n) is 3.88. The Labute approximate surface area is 116 Å². The highest BCUT2D eigenvalue weighted by Gasteiger charge is 2.15. The van der Waals surface area contributed by atoms with Crippen LogP contribution in [0.15, 0.2) is 24.5 Å². The Morgan fingerprint density at radius 1 is 1.21 bits per heavy atom. The van der Waals surface area contributed by atoms with Gasteiger partial charge in [0.05, 0.1) is 6.42 Å². The van der Waals surface area contributed by atoms with E-state index < -0.39 is 0 Å². The number of nitrogens with zero attached hydrogens (tertiary/aromatic N) is 1. The van der Waals surface area contributed by atoms with Gasteiger partial charge in [0.15, 0.2) is 18.9 Å². The van der Waals surface area contributed by atoms with Crippen molar-refractivity contribution in [1.29, 1.82) is 0 Å². The van der Waals surface area contributed by atoms with Crippen LogP contribution in [-0.4, -0.2) is 11.9 Å². The van der Waals surface area contributed by atoms with Crippen LogP contribution in [0.1, 0.15) is 50.5 Å². The molecule has 0 bridgehead atoms. The molecule has 0 unspecified atom stereocenters. The summed E-state index contributed by atoms with van der Waals surface area (Å²) in [5.74, 6) is 0.194. The first-order valence-corrected chi connectivity index (χ1v) is 7.49. The lowest BCUT2D eigenvalue weighted by Crippen LogP contribution is -2.39. The van der Waals surface area contributed by atoms with Gasteiger partial charge in [0.2, 0.25) is 5.91 Å². The van der Waals surface area contributed by atoms with E-state index in [1.165, 1.54) is 31.2 Å². The zero-order chi connectivity index (χ0) is 13.5. The van der Waals surface area contributed by atoms with Crippen LogP contribution in [0.4, 0.5) is 0 Å². The highest BCUT2D eigenvalue weighted by atomic mass is 16.1. The Balaban J connectivity index is 1.73. The molecule has 19 heavy (non-hydrogen) atoms. The van der Waals surface area contributed by atoms with E-state index in [0.29, 0.717) is 12.5 Å². The van der Waals surface area contributed by atoms with Crippen LogP contribution in [0.5, 0.6) is 0 Å². The van der Waals surface area contributed by atoms with E-state index in [1.807, 2.05) is 12.4 Å². The van der Waals surface area contributed by atoms with E-state index in [4.69, 9.17) is 0 Å². The molecule has 1 amide bonds. The first kappa shape index (κ1) is 14.0. The van der Waals surface area contributed by atoms with Crippen LogP contribution in [0.2, 0.25) is 0 Å². The van der Waals surface area contributed by atoms with Crippen LogP contribution < -0.4 is 9.88 Å². The number of carbonyl (C=O) groups excluding carboxylic acids is 1. The maximum absolute atomic E-state index is 11.9. The molecule has 3 heteroatoms. The van der Waals surface area contributed by atoms with Crippen molar-refractivity contribution in [1.82, 2.24) is 5.32 Å². The lowest BCUT2D eigenvalue weighted by atomic mass is 10.1. The van der Waals surface area contributed by atoms with Gasteiger partial charge < -0.3 is 5.32 Å². The molecule has 1 fully saturated rings. The largest absolute Gasteiger partial charge is 0.353 e. The molecule has 1 aromatic heterocycles. The number of hydrogen-bond donors (Lipinski definition) is 1. The molecule has 0 spiro atoms. The average molecular weight is 261 g/mol. The number of aryl methyl sites for hydroxylation is 2. The van der Waals surface area contributed by atoms with Crippen molar-refractivity contribution in [3.8, 4) is 0 Å². The summed E-state index contributed by atoms with van der Waals surface area (Å²) in [6, 6.07) is 4.56. The highest BCUT2D eigenvalue weighted by molar-refractivity contribution is 5.75. The van der Waals surface area contributed by atoms with E-state index in [9.17, 15) is 4.79 Å². The van der Waals surface area contributed by atoms with Crippen molar-refractivity contribution in [2.24, 2.45) is 0 Å². The fourth-order valence-electron chi connectivity index (χ4n) is 2.64. The first-order valence-electron chi connectivity index (χ1n) is 7.49. The van der Waals surface area contributed by atoms with E-state index >= 15 is 0 Å². The maximum atomic E-state index is 11.9. The Kier molecular flexibility index (Phi) is 5.37. The molecule has 0 atom stereocenters. The van der Waals surface area contributed by atoms with Gasteiger partial charge in [-0.1, -0.05) is 25.7 Å². The fourth-order valence-corrected chi connectivity index (χ4v) is 2.64. The molecule has 3 nitrogen and oxygen atoms in total. The lowest BCUT2D eigenvalue weighted by Gasteiger charge is -2.15. The second kappa shape index (κ2) is 7.27. The van der Waals surface area contributed by atoms with Gasteiger partial charge in [-0.3, -0.25) is 4.79 Å². The second-order valence-corrected chi connectivity index (χ2v) is 5.62. The van der Waals surface area contributed by atoms with Crippen molar-refractivity contribution in [2.75, 3.05) is 0 Å². The van der Waals surface area contributed by atoms with Gasteiger partial charge >= 0.3 is 0 Å².